The van der Waals surface area contributed by atoms with Crippen molar-refractivity contribution in [3.8, 4) is 0 Å². The predicted molar refractivity (Wildman–Crippen MR) is 107 cm³/mol. The van der Waals surface area contributed by atoms with Gasteiger partial charge in [-0.1, -0.05) is 47.5 Å². The molecule has 0 saturated heterocycles. The normalized spacial score (nSPS) is 12.6. The third kappa shape index (κ3) is 6.23. The molecule has 2 N–H and O–H groups in total. The lowest BCUT2D eigenvalue weighted by Crippen LogP contribution is -2.43. The first kappa shape index (κ1) is 21.2. The summed E-state index contributed by atoms with van der Waals surface area (Å²) in [6.45, 7) is 7.24. The third-order valence-electron chi connectivity index (χ3n) is 4.23. The summed E-state index contributed by atoms with van der Waals surface area (Å²) in [6.07, 6.45) is -0.962. The van der Waals surface area contributed by atoms with Crippen molar-refractivity contribution in [3.05, 3.63) is 70.8 Å². The minimum atomic E-state index is -0.962. The summed E-state index contributed by atoms with van der Waals surface area (Å²) in [4.78, 5) is 36.5. The Balaban J connectivity index is 1.82. The molecule has 0 unspecified atom stereocenters. The van der Waals surface area contributed by atoms with Crippen LogP contribution in [-0.2, 0) is 20.9 Å². The van der Waals surface area contributed by atoms with Crippen LogP contribution in [0.3, 0.4) is 0 Å². The molecule has 0 fully saturated rings. The van der Waals surface area contributed by atoms with Gasteiger partial charge in [0.1, 0.15) is 6.04 Å². The molecule has 0 aliphatic heterocycles. The standard InChI is InChI=1S/C22H26N2O4/c1-14-8-10-18(11-9-14)13-23-20(25)17(4)28-22(27)16(3)24-21(26)19-7-5-6-15(2)12-19/h5-12,16-17H,13H2,1-4H3,(H,23,25)(H,24,26)/t16-,17-/m0/s1. The summed E-state index contributed by atoms with van der Waals surface area (Å²) in [5, 5.41) is 5.32. The number of aryl methyl sites for hydroxylation is 2. The highest BCUT2D eigenvalue weighted by molar-refractivity contribution is 5.97. The minimum absolute atomic E-state index is 0.348. The Hall–Kier alpha value is -3.15. The van der Waals surface area contributed by atoms with Crippen LogP contribution in [0.5, 0.6) is 0 Å². The Kier molecular flexibility index (Phi) is 7.32. The number of rotatable bonds is 7. The van der Waals surface area contributed by atoms with Crippen molar-refractivity contribution in [1.29, 1.82) is 0 Å². The van der Waals surface area contributed by atoms with E-state index in [9.17, 15) is 14.4 Å². The molecular formula is C22H26N2O4. The summed E-state index contributed by atoms with van der Waals surface area (Å²) in [5.41, 5.74) is 3.50. The number of amides is 2. The molecule has 2 rings (SSSR count). The second-order valence-corrected chi connectivity index (χ2v) is 6.85. The van der Waals surface area contributed by atoms with Gasteiger partial charge in [0, 0.05) is 12.1 Å². The zero-order valence-electron chi connectivity index (χ0n) is 16.6. The Bertz CT molecular complexity index is 846. The van der Waals surface area contributed by atoms with E-state index in [4.69, 9.17) is 4.74 Å². The Morgan fingerprint density at radius 1 is 0.964 bits per heavy atom. The third-order valence-corrected chi connectivity index (χ3v) is 4.23. The zero-order chi connectivity index (χ0) is 20.7. The smallest absolute Gasteiger partial charge is 0.329 e. The lowest BCUT2D eigenvalue weighted by Gasteiger charge is -2.17. The van der Waals surface area contributed by atoms with E-state index in [2.05, 4.69) is 10.6 Å². The lowest BCUT2D eigenvalue weighted by molar-refractivity contribution is -0.156. The fourth-order valence-corrected chi connectivity index (χ4v) is 2.49. The number of carbonyl (C=O) groups is 3. The number of esters is 1. The van der Waals surface area contributed by atoms with Crippen molar-refractivity contribution in [2.45, 2.75) is 46.4 Å². The highest BCUT2D eigenvalue weighted by atomic mass is 16.5. The highest BCUT2D eigenvalue weighted by Crippen LogP contribution is 2.06. The molecule has 0 radical (unpaired) electrons. The van der Waals surface area contributed by atoms with Crippen molar-refractivity contribution in [1.82, 2.24) is 10.6 Å². The summed E-state index contributed by atoms with van der Waals surface area (Å²) in [5.74, 6) is -1.44. The van der Waals surface area contributed by atoms with E-state index in [0.717, 1.165) is 16.7 Å². The molecule has 2 atom stereocenters. The van der Waals surface area contributed by atoms with Gasteiger partial charge in [0.05, 0.1) is 0 Å². The molecule has 0 heterocycles. The largest absolute Gasteiger partial charge is 0.451 e. The molecular weight excluding hydrogens is 356 g/mol. The van der Waals surface area contributed by atoms with E-state index >= 15 is 0 Å². The van der Waals surface area contributed by atoms with Crippen LogP contribution in [0.15, 0.2) is 48.5 Å². The van der Waals surface area contributed by atoms with Gasteiger partial charge in [0.15, 0.2) is 6.10 Å². The van der Waals surface area contributed by atoms with Crippen LogP contribution < -0.4 is 10.6 Å². The lowest BCUT2D eigenvalue weighted by atomic mass is 10.1. The van der Waals surface area contributed by atoms with Crippen molar-refractivity contribution in [2.24, 2.45) is 0 Å². The Morgan fingerprint density at radius 3 is 2.29 bits per heavy atom. The number of benzene rings is 2. The van der Waals surface area contributed by atoms with Crippen LogP contribution in [0, 0.1) is 13.8 Å². The van der Waals surface area contributed by atoms with Gasteiger partial charge in [-0.15, -0.1) is 0 Å². The maximum absolute atomic E-state index is 12.2. The number of carbonyl (C=O) groups excluding carboxylic acids is 3. The monoisotopic (exact) mass is 382 g/mol. The average Bonchev–Trinajstić information content (AvgIpc) is 2.67. The number of hydrogen-bond donors (Lipinski definition) is 2. The second kappa shape index (κ2) is 9.69. The maximum Gasteiger partial charge on any atom is 0.329 e. The summed E-state index contributed by atoms with van der Waals surface area (Å²) in [6, 6.07) is 14.0. The van der Waals surface area contributed by atoms with Crippen LogP contribution in [0.1, 0.15) is 40.9 Å². The van der Waals surface area contributed by atoms with Gasteiger partial charge in [-0.25, -0.2) is 4.79 Å². The van der Waals surface area contributed by atoms with E-state index in [-0.39, 0.29) is 5.91 Å². The van der Waals surface area contributed by atoms with E-state index in [1.54, 1.807) is 18.2 Å². The SMILES string of the molecule is Cc1ccc(CNC(=O)[C@H](C)OC(=O)[C@H](C)NC(=O)c2cccc(C)c2)cc1. The van der Waals surface area contributed by atoms with E-state index in [0.29, 0.717) is 12.1 Å². The first-order valence-corrected chi connectivity index (χ1v) is 9.17. The molecule has 0 aromatic heterocycles. The van der Waals surface area contributed by atoms with Gasteiger partial charge < -0.3 is 15.4 Å². The van der Waals surface area contributed by atoms with Gasteiger partial charge in [-0.2, -0.15) is 0 Å². The molecule has 0 spiro atoms. The number of nitrogens with one attached hydrogen (secondary N) is 2. The molecule has 0 saturated carbocycles. The molecule has 0 aliphatic rings. The molecule has 6 heteroatoms. The fraction of sp³-hybridized carbons (Fsp3) is 0.318. The molecule has 2 aromatic rings. The molecule has 0 bridgehead atoms. The molecule has 6 nitrogen and oxygen atoms in total. The molecule has 0 aliphatic carbocycles. The van der Waals surface area contributed by atoms with Gasteiger partial charge >= 0.3 is 5.97 Å². The predicted octanol–water partition coefficient (Wildman–Crippen LogP) is 2.67. The van der Waals surface area contributed by atoms with E-state index in [1.165, 1.54) is 13.8 Å². The highest BCUT2D eigenvalue weighted by Gasteiger charge is 2.23. The van der Waals surface area contributed by atoms with E-state index < -0.39 is 24.0 Å². The van der Waals surface area contributed by atoms with Crippen LogP contribution in [0.2, 0.25) is 0 Å². The summed E-state index contributed by atoms with van der Waals surface area (Å²) < 4.78 is 5.18. The quantitative estimate of drug-likeness (QED) is 0.721. The number of ether oxygens (including phenoxy) is 1. The van der Waals surface area contributed by atoms with Crippen molar-refractivity contribution in [2.75, 3.05) is 0 Å². The fourth-order valence-electron chi connectivity index (χ4n) is 2.49. The van der Waals surface area contributed by atoms with Crippen molar-refractivity contribution < 1.29 is 19.1 Å². The van der Waals surface area contributed by atoms with Crippen molar-refractivity contribution >= 4 is 17.8 Å². The topological polar surface area (TPSA) is 84.5 Å². The van der Waals surface area contributed by atoms with Crippen LogP contribution >= 0.6 is 0 Å². The molecule has 28 heavy (non-hydrogen) atoms. The number of hydrogen-bond acceptors (Lipinski definition) is 4. The van der Waals surface area contributed by atoms with Crippen LogP contribution in [0.25, 0.3) is 0 Å². The van der Waals surface area contributed by atoms with Crippen molar-refractivity contribution in [3.63, 3.8) is 0 Å². The summed E-state index contributed by atoms with van der Waals surface area (Å²) in [7, 11) is 0. The van der Waals surface area contributed by atoms with Gasteiger partial charge in [0.25, 0.3) is 11.8 Å². The molecule has 148 valence electrons. The molecule has 2 amide bonds. The summed E-state index contributed by atoms with van der Waals surface area (Å²) >= 11 is 0. The first-order chi connectivity index (χ1) is 13.3. The second-order valence-electron chi connectivity index (χ2n) is 6.85. The Morgan fingerprint density at radius 2 is 1.64 bits per heavy atom. The zero-order valence-corrected chi connectivity index (χ0v) is 16.6. The van der Waals surface area contributed by atoms with Gasteiger partial charge in [-0.05, 0) is 45.4 Å². The van der Waals surface area contributed by atoms with Gasteiger partial charge in [0.2, 0.25) is 0 Å². The van der Waals surface area contributed by atoms with Gasteiger partial charge in [-0.3, -0.25) is 9.59 Å². The molecule has 2 aromatic carbocycles. The maximum atomic E-state index is 12.2. The Labute approximate surface area is 165 Å². The minimum Gasteiger partial charge on any atom is -0.451 e. The average molecular weight is 382 g/mol. The van der Waals surface area contributed by atoms with E-state index in [1.807, 2.05) is 44.2 Å². The van der Waals surface area contributed by atoms with Crippen LogP contribution in [0.4, 0.5) is 0 Å². The first-order valence-electron chi connectivity index (χ1n) is 9.17. The van der Waals surface area contributed by atoms with Crippen LogP contribution in [-0.4, -0.2) is 29.9 Å².